The number of hydrogen-bond acceptors (Lipinski definition) is 5. The van der Waals surface area contributed by atoms with Crippen molar-refractivity contribution in [1.29, 1.82) is 0 Å². The van der Waals surface area contributed by atoms with Gasteiger partial charge < -0.3 is 10.4 Å². The van der Waals surface area contributed by atoms with Crippen molar-refractivity contribution in [1.82, 2.24) is 4.98 Å². The minimum absolute atomic E-state index is 0.140. The van der Waals surface area contributed by atoms with Crippen molar-refractivity contribution in [3.8, 4) is 16.3 Å². The van der Waals surface area contributed by atoms with E-state index in [0.717, 1.165) is 20.8 Å². The average molecular weight is 504 g/mol. The topological polar surface area (TPSA) is 91.3 Å². The maximum absolute atomic E-state index is 13.1. The molecule has 1 aromatic heterocycles. The predicted molar refractivity (Wildman–Crippen MR) is 138 cm³/mol. The Bertz CT molecular complexity index is 1520. The van der Waals surface area contributed by atoms with E-state index in [1.807, 2.05) is 36.4 Å². The number of benzene rings is 4. The summed E-state index contributed by atoms with van der Waals surface area (Å²) in [5.41, 5.74) is 2.87. The van der Waals surface area contributed by atoms with E-state index in [0.29, 0.717) is 16.1 Å². The van der Waals surface area contributed by atoms with Gasteiger partial charge in [-0.15, -0.1) is 11.3 Å². The molecule has 5 rings (SSSR count). The summed E-state index contributed by atoms with van der Waals surface area (Å²) in [5.74, 6) is -0.915. The van der Waals surface area contributed by atoms with Gasteiger partial charge in [-0.25, -0.2) is 13.6 Å². The molecule has 4 aromatic carbocycles. The highest BCUT2D eigenvalue weighted by Crippen LogP contribution is 2.31. The zero-order chi connectivity index (χ0) is 24.4. The molecule has 3 N–H and O–H groups in total. The highest BCUT2D eigenvalue weighted by molar-refractivity contribution is 7.86. The average Bonchev–Trinajstić information content (AvgIpc) is 3.31. The van der Waals surface area contributed by atoms with E-state index in [9.17, 15) is 18.5 Å². The fourth-order valence-electron chi connectivity index (χ4n) is 3.38. The van der Waals surface area contributed by atoms with Crippen molar-refractivity contribution in [2.45, 2.75) is 4.90 Å². The molecule has 5 aromatic rings. The molecule has 0 saturated heterocycles. The molecule has 0 aliphatic heterocycles. The first kappa shape index (κ1) is 22.7. The first-order valence-corrected chi connectivity index (χ1v) is 12.5. The Balaban J connectivity index is 1.29. The zero-order valence-electron chi connectivity index (χ0n) is 18.1. The SMILES string of the molecule is O=C(Nc1ccc(O)c(NS(=O)c2ccc(F)cc2)c1)c1ccc(-c2nc3ccccc3s2)cc1. The smallest absolute Gasteiger partial charge is 0.255 e. The molecule has 9 heteroatoms. The lowest BCUT2D eigenvalue weighted by molar-refractivity contribution is 0.102. The molecule has 1 atom stereocenters. The minimum atomic E-state index is -1.73. The van der Waals surface area contributed by atoms with Crippen LogP contribution in [0, 0.1) is 5.82 Å². The van der Waals surface area contributed by atoms with Crippen LogP contribution in [0.1, 0.15) is 10.4 Å². The summed E-state index contributed by atoms with van der Waals surface area (Å²) in [6.07, 6.45) is 0. The quantitative estimate of drug-likeness (QED) is 0.190. The third kappa shape index (κ3) is 5.06. The highest BCUT2D eigenvalue weighted by Gasteiger charge is 2.12. The number of halogens is 1. The minimum Gasteiger partial charge on any atom is -0.506 e. The van der Waals surface area contributed by atoms with Gasteiger partial charge in [-0.05, 0) is 66.7 Å². The Morgan fingerprint density at radius 2 is 1.69 bits per heavy atom. The van der Waals surface area contributed by atoms with E-state index in [-0.39, 0.29) is 17.3 Å². The van der Waals surface area contributed by atoms with Crippen molar-refractivity contribution in [3.63, 3.8) is 0 Å². The number of aromatic nitrogens is 1. The molecule has 0 aliphatic rings. The molecule has 174 valence electrons. The van der Waals surface area contributed by atoms with Crippen molar-refractivity contribution < 1.29 is 18.5 Å². The van der Waals surface area contributed by atoms with Crippen LogP contribution in [0.2, 0.25) is 0 Å². The third-order valence-electron chi connectivity index (χ3n) is 5.17. The number of amides is 1. The summed E-state index contributed by atoms with van der Waals surface area (Å²) in [5, 5.41) is 13.8. The first-order valence-electron chi connectivity index (χ1n) is 10.5. The number of aromatic hydroxyl groups is 1. The molecule has 0 fully saturated rings. The number of fused-ring (bicyclic) bond motifs is 1. The standard InChI is InChI=1S/C26H18FN3O3S2/c27-18-9-12-20(13-10-18)35(33)30-22-15-19(11-14-23(22)31)28-25(32)16-5-7-17(8-6-16)26-29-21-3-1-2-4-24(21)34-26/h1-15,30-31H,(H,28,32). The van der Waals surface area contributed by atoms with Gasteiger partial charge in [0.05, 0.1) is 20.8 Å². The van der Waals surface area contributed by atoms with Crippen molar-refractivity contribution in [2.75, 3.05) is 10.0 Å². The maximum Gasteiger partial charge on any atom is 0.255 e. The zero-order valence-corrected chi connectivity index (χ0v) is 19.7. The molecular formula is C26H18FN3O3S2. The maximum atomic E-state index is 13.1. The van der Waals surface area contributed by atoms with Crippen LogP contribution >= 0.6 is 11.3 Å². The van der Waals surface area contributed by atoms with Gasteiger partial charge in [0.15, 0.2) is 0 Å². The van der Waals surface area contributed by atoms with Gasteiger partial charge >= 0.3 is 0 Å². The second-order valence-corrected chi connectivity index (χ2v) is 9.82. The molecule has 0 radical (unpaired) electrons. The molecule has 0 saturated carbocycles. The van der Waals surface area contributed by atoms with Crippen molar-refractivity contribution >= 4 is 49.8 Å². The van der Waals surface area contributed by atoms with Gasteiger partial charge in [0.1, 0.15) is 27.6 Å². The fraction of sp³-hybridized carbons (Fsp3) is 0. The summed E-state index contributed by atoms with van der Waals surface area (Å²) >= 11 is 1.59. The molecule has 1 heterocycles. The van der Waals surface area contributed by atoms with Crippen molar-refractivity contribution in [3.05, 3.63) is 102 Å². The van der Waals surface area contributed by atoms with E-state index < -0.39 is 16.8 Å². The van der Waals surface area contributed by atoms with Gasteiger partial charge in [0.2, 0.25) is 0 Å². The van der Waals surface area contributed by atoms with Crippen LogP contribution < -0.4 is 10.0 Å². The second-order valence-electron chi connectivity index (χ2n) is 7.57. The lowest BCUT2D eigenvalue weighted by Gasteiger charge is -2.11. The third-order valence-corrected chi connectivity index (χ3v) is 7.36. The fourth-order valence-corrected chi connectivity index (χ4v) is 5.21. The summed E-state index contributed by atoms with van der Waals surface area (Å²) < 4.78 is 29.4. The Labute approximate surface area is 206 Å². The van der Waals surface area contributed by atoms with Crippen LogP contribution in [-0.4, -0.2) is 20.2 Å². The second kappa shape index (κ2) is 9.65. The summed E-state index contributed by atoms with van der Waals surface area (Å²) in [7, 11) is -1.73. The molecule has 0 bridgehead atoms. The number of rotatable bonds is 6. The summed E-state index contributed by atoms with van der Waals surface area (Å²) in [6.45, 7) is 0. The number of hydrogen-bond donors (Lipinski definition) is 3. The van der Waals surface area contributed by atoms with Gasteiger partial charge in [0.25, 0.3) is 5.91 Å². The van der Waals surface area contributed by atoms with Gasteiger partial charge in [-0.1, -0.05) is 24.3 Å². The summed E-state index contributed by atoms with van der Waals surface area (Å²) in [6, 6.07) is 24.6. The Morgan fingerprint density at radius 1 is 0.943 bits per heavy atom. The Morgan fingerprint density at radius 3 is 2.43 bits per heavy atom. The van der Waals surface area contributed by atoms with Gasteiger partial charge in [-0.2, -0.15) is 0 Å². The van der Waals surface area contributed by atoms with E-state index in [1.54, 1.807) is 23.5 Å². The highest BCUT2D eigenvalue weighted by atomic mass is 32.2. The van der Waals surface area contributed by atoms with Gasteiger partial charge in [0, 0.05) is 16.8 Å². The summed E-state index contributed by atoms with van der Waals surface area (Å²) in [4.78, 5) is 17.7. The lowest BCUT2D eigenvalue weighted by atomic mass is 10.1. The predicted octanol–water partition coefficient (Wildman–Crippen LogP) is 6.20. The number of phenolic OH excluding ortho intramolecular Hbond substituents is 1. The molecule has 35 heavy (non-hydrogen) atoms. The van der Waals surface area contributed by atoms with Crippen LogP contribution in [0.5, 0.6) is 5.75 Å². The number of anilines is 2. The number of phenols is 1. The van der Waals surface area contributed by atoms with Crippen LogP contribution in [0.3, 0.4) is 0 Å². The van der Waals surface area contributed by atoms with E-state index in [1.165, 1.54) is 42.5 Å². The number of thiazole rings is 1. The Kier molecular flexibility index (Phi) is 6.26. The van der Waals surface area contributed by atoms with Gasteiger partial charge in [-0.3, -0.25) is 9.52 Å². The van der Waals surface area contributed by atoms with E-state index in [2.05, 4.69) is 15.0 Å². The monoisotopic (exact) mass is 503 g/mol. The first-order chi connectivity index (χ1) is 17.0. The Hall–Kier alpha value is -4.08. The number of nitrogens with zero attached hydrogens (tertiary/aromatic N) is 1. The largest absolute Gasteiger partial charge is 0.506 e. The number of nitrogens with one attached hydrogen (secondary N) is 2. The number of carbonyl (C=O) groups excluding carboxylic acids is 1. The molecule has 1 unspecified atom stereocenters. The molecule has 1 amide bonds. The number of para-hydroxylation sites is 1. The number of carbonyl (C=O) groups is 1. The van der Waals surface area contributed by atoms with E-state index >= 15 is 0 Å². The molecule has 0 spiro atoms. The van der Waals surface area contributed by atoms with E-state index in [4.69, 9.17) is 0 Å². The van der Waals surface area contributed by atoms with Crippen LogP contribution in [-0.2, 0) is 11.0 Å². The normalized spacial score (nSPS) is 11.8. The van der Waals surface area contributed by atoms with Crippen molar-refractivity contribution in [2.24, 2.45) is 0 Å². The van der Waals surface area contributed by atoms with Crippen LogP contribution in [0.25, 0.3) is 20.8 Å². The molecule has 6 nitrogen and oxygen atoms in total. The lowest BCUT2D eigenvalue weighted by Crippen LogP contribution is -2.12. The molecular weight excluding hydrogens is 485 g/mol. The van der Waals surface area contributed by atoms with Crippen LogP contribution in [0.15, 0.2) is 95.9 Å². The van der Waals surface area contributed by atoms with Crippen LogP contribution in [0.4, 0.5) is 15.8 Å². The molecule has 0 aliphatic carbocycles.